The van der Waals surface area contributed by atoms with Crippen molar-refractivity contribution in [2.75, 3.05) is 0 Å². The molecule has 0 amide bonds. The van der Waals surface area contributed by atoms with E-state index in [-0.39, 0.29) is 5.82 Å². The fourth-order valence-electron chi connectivity index (χ4n) is 1.87. The van der Waals surface area contributed by atoms with Crippen LogP contribution in [0, 0.1) is 5.82 Å². The van der Waals surface area contributed by atoms with Crippen molar-refractivity contribution in [2.45, 2.75) is 0 Å². The lowest BCUT2D eigenvalue weighted by molar-refractivity contribution is 0.627. The topological polar surface area (TPSA) is 30.7 Å². The highest BCUT2D eigenvalue weighted by molar-refractivity contribution is 9.10. The predicted molar refractivity (Wildman–Crippen MR) is 74.5 cm³/mol. The van der Waals surface area contributed by atoms with Crippen LogP contribution in [-0.4, -0.2) is 14.8 Å². The van der Waals surface area contributed by atoms with Gasteiger partial charge < -0.3 is 0 Å². The minimum Gasteiger partial charge on any atom is -0.282 e. The van der Waals surface area contributed by atoms with Crippen molar-refractivity contribution in [3.8, 4) is 17.1 Å². The fourth-order valence-corrected chi connectivity index (χ4v) is 2.40. The lowest BCUT2D eigenvalue weighted by atomic mass is 10.2. The Balaban J connectivity index is 2.15. The van der Waals surface area contributed by atoms with Crippen molar-refractivity contribution in [1.82, 2.24) is 14.8 Å². The van der Waals surface area contributed by atoms with E-state index in [1.54, 1.807) is 12.4 Å². The number of hydrogen-bond donors (Lipinski definition) is 0. The van der Waals surface area contributed by atoms with Crippen LogP contribution >= 0.6 is 15.9 Å². The number of benzene rings is 2. The van der Waals surface area contributed by atoms with Crippen molar-refractivity contribution in [2.24, 2.45) is 0 Å². The molecule has 3 rings (SSSR count). The van der Waals surface area contributed by atoms with Crippen LogP contribution in [0.5, 0.6) is 0 Å². The van der Waals surface area contributed by atoms with Gasteiger partial charge in [0.25, 0.3) is 0 Å². The zero-order valence-corrected chi connectivity index (χ0v) is 11.4. The zero-order chi connectivity index (χ0) is 13.2. The lowest BCUT2D eigenvalue weighted by Gasteiger charge is -2.07. The van der Waals surface area contributed by atoms with Gasteiger partial charge in [-0.05, 0) is 46.3 Å². The Morgan fingerprint density at radius 3 is 2.58 bits per heavy atom. The summed E-state index contributed by atoms with van der Waals surface area (Å²) in [5.74, 6) is 0.375. The first-order chi connectivity index (χ1) is 9.25. The van der Waals surface area contributed by atoms with Crippen LogP contribution in [0.2, 0.25) is 0 Å². The first-order valence-corrected chi connectivity index (χ1v) is 6.46. The van der Waals surface area contributed by atoms with Crippen molar-refractivity contribution in [3.05, 3.63) is 65.1 Å². The van der Waals surface area contributed by atoms with Gasteiger partial charge >= 0.3 is 0 Å². The highest BCUT2D eigenvalue weighted by Crippen LogP contribution is 2.28. The molecular weight excluding hydrogens is 309 g/mol. The van der Waals surface area contributed by atoms with Gasteiger partial charge in [0.15, 0.2) is 5.82 Å². The van der Waals surface area contributed by atoms with Gasteiger partial charge in [-0.15, -0.1) is 10.2 Å². The molecule has 0 fully saturated rings. The summed E-state index contributed by atoms with van der Waals surface area (Å²) >= 11 is 3.35. The maximum atomic E-state index is 13.1. The van der Waals surface area contributed by atoms with Crippen molar-refractivity contribution in [1.29, 1.82) is 0 Å². The molecular formula is C14H9BrFN3. The predicted octanol–water partition coefficient (Wildman–Crippen LogP) is 3.84. The Morgan fingerprint density at radius 2 is 1.84 bits per heavy atom. The van der Waals surface area contributed by atoms with Crippen LogP contribution in [0.25, 0.3) is 17.1 Å². The van der Waals surface area contributed by atoms with Gasteiger partial charge in [-0.3, -0.25) is 4.57 Å². The van der Waals surface area contributed by atoms with Crippen molar-refractivity contribution in [3.63, 3.8) is 0 Å². The normalized spacial score (nSPS) is 10.6. The summed E-state index contributed by atoms with van der Waals surface area (Å²) in [6.45, 7) is 0. The van der Waals surface area contributed by atoms with E-state index in [9.17, 15) is 4.39 Å². The van der Waals surface area contributed by atoms with Crippen LogP contribution in [0.15, 0.2) is 59.3 Å². The van der Waals surface area contributed by atoms with E-state index in [0.717, 1.165) is 11.3 Å². The minimum absolute atomic E-state index is 0.290. The molecule has 0 atom stereocenters. The fraction of sp³-hybridized carbons (Fsp3) is 0. The molecule has 0 spiro atoms. The molecule has 3 aromatic rings. The van der Waals surface area contributed by atoms with Gasteiger partial charge in [0.2, 0.25) is 0 Å². The second kappa shape index (κ2) is 4.93. The molecule has 0 saturated carbocycles. The number of para-hydroxylation sites is 1. The number of rotatable bonds is 2. The molecule has 19 heavy (non-hydrogen) atoms. The van der Waals surface area contributed by atoms with Crippen molar-refractivity contribution < 1.29 is 4.39 Å². The summed E-state index contributed by atoms with van der Waals surface area (Å²) in [5, 5.41) is 8.05. The molecule has 0 aliphatic carbocycles. The second-order valence-corrected chi connectivity index (χ2v) is 4.84. The highest BCUT2D eigenvalue weighted by atomic mass is 79.9. The maximum absolute atomic E-state index is 13.1. The Kier molecular flexibility index (Phi) is 3.13. The second-order valence-electron chi connectivity index (χ2n) is 3.98. The lowest BCUT2D eigenvalue weighted by Crippen LogP contribution is -1.96. The van der Waals surface area contributed by atoms with Gasteiger partial charge in [-0.2, -0.15) is 0 Å². The van der Waals surface area contributed by atoms with E-state index in [0.29, 0.717) is 10.3 Å². The third-order valence-corrected chi connectivity index (χ3v) is 3.41. The van der Waals surface area contributed by atoms with Crippen LogP contribution in [-0.2, 0) is 0 Å². The SMILES string of the molecule is Fc1ccc(-c2nncn2-c2ccccc2)c(Br)c1. The monoisotopic (exact) mass is 317 g/mol. The van der Waals surface area contributed by atoms with Crippen LogP contribution in [0.3, 0.4) is 0 Å². The molecule has 94 valence electrons. The molecule has 0 aliphatic rings. The van der Waals surface area contributed by atoms with Crippen molar-refractivity contribution >= 4 is 15.9 Å². The van der Waals surface area contributed by atoms with Crippen LogP contribution < -0.4 is 0 Å². The first kappa shape index (κ1) is 12.0. The Bertz CT molecular complexity index is 710. The molecule has 0 N–H and O–H groups in total. The third kappa shape index (κ3) is 2.29. The smallest absolute Gasteiger partial charge is 0.169 e. The number of hydrogen-bond acceptors (Lipinski definition) is 2. The summed E-state index contributed by atoms with van der Waals surface area (Å²) < 4.78 is 15.6. The number of nitrogens with zero attached hydrogens (tertiary/aromatic N) is 3. The highest BCUT2D eigenvalue weighted by Gasteiger charge is 2.12. The molecule has 5 heteroatoms. The van der Waals surface area contributed by atoms with Crippen LogP contribution in [0.4, 0.5) is 4.39 Å². The van der Waals surface area contributed by atoms with E-state index >= 15 is 0 Å². The molecule has 0 unspecified atom stereocenters. The molecule has 0 radical (unpaired) electrons. The average molecular weight is 318 g/mol. The van der Waals surface area contributed by atoms with E-state index in [1.165, 1.54) is 12.1 Å². The summed E-state index contributed by atoms with van der Waals surface area (Å²) in [7, 11) is 0. The van der Waals surface area contributed by atoms with Crippen LogP contribution in [0.1, 0.15) is 0 Å². The van der Waals surface area contributed by atoms with E-state index < -0.39 is 0 Å². The number of aromatic nitrogens is 3. The molecule has 0 saturated heterocycles. The van der Waals surface area contributed by atoms with Gasteiger partial charge in [-0.1, -0.05) is 18.2 Å². The minimum atomic E-state index is -0.290. The van der Waals surface area contributed by atoms with E-state index in [2.05, 4.69) is 26.1 Å². The van der Waals surface area contributed by atoms with Gasteiger partial charge in [0, 0.05) is 15.7 Å². The maximum Gasteiger partial charge on any atom is 0.169 e. The third-order valence-electron chi connectivity index (χ3n) is 2.75. The molecule has 0 aliphatic heterocycles. The summed E-state index contributed by atoms with van der Waals surface area (Å²) in [6, 6.07) is 14.3. The van der Waals surface area contributed by atoms with Gasteiger partial charge in [-0.25, -0.2) is 4.39 Å². The Morgan fingerprint density at radius 1 is 1.05 bits per heavy atom. The molecule has 3 nitrogen and oxygen atoms in total. The summed E-state index contributed by atoms with van der Waals surface area (Å²) in [4.78, 5) is 0. The Hall–Kier alpha value is -2.01. The quantitative estimate of drug-likeness (QED) is 0.719. The summed E-state index contributed by atoms with van der Waals surface area (Å²) in [5.41, 5.74) is 1.75. The zero-order valence-electron chi connectivity index (χ0n) is 9.79. The van der Waals surface area contributed by atoms with E-state index in [1.807, 2.05) is 34.9 Å². The standard InChI is InChI=1S/C14H9BrFN3/c15-13-8-10(16)6-7-12(13)14-18-17-9-19(14)11-4-2-1-3-5-11/h1-9H. The van der Waals surface area contributed by atoms with Gasteiger partial charge in [0.1, 0.15) is 12.1 Å². The Labute approximate surface area is 117 Å². The summed E-state index contributed by atoms with van der Waals surface area (Å²) in [6.07, 6.45) is 1.64. The van der Waals surface area contributed by atoms with Gasteiger partial charge in [0.05, 0.1) is 0 Å². The average Bonchev–Trinajstić information content (AvgIpc) is 2.89. The van der Waals surface area contributed by atoms with E-state index in [4.69, 9.17) is 0 Å². The molecule has 1 heterocycles. The number of halogens is 2. The largest absolute Gasteiger partial charge is 0.282 e. The molecule has 0 bridgehead atoms. The molecule has 2 aromatic carbocycles. The first-order valence-electron chi connectivity index (χ1n) is 5.66. The molecule has 1 aromatic heterocycles.